The van der Waals surface area contributed by atoms with Crippen LogP contribution in [0, 0.1) is 13.8 Å². The van der Waals surface area contributed by atoms with Gasteiger partial charge >= 0.3 is 0 Å². The molecule has 0 bridgehead atoms. The van der Waals surface area contributed by atoms with Crippen molar-refractivity contribution in [3.8, 4) is 11.4 Å². The van der Waals surface area contributed by atoms with Gasteiger partial charge in [0.05, 0.1) is 0 Å². The summed E-state index contributed by atoms with van der Waals surface area (Å²) in [7, 11) is 0. The van der Waals surface area contributed by atoms with Crippen LogP contribution < -0.4 is 5.32 Å². The lowest BCUT2D eigenvalue weighted by Crippen LogP contribution is -2.43. The van der Waals surface area contributed by atoms with Crippen molar-refractivity contribution < 1.29 is 9.63 Å². The maximum atomic E-state index is 10.5. The second-order valence-corrected chi connectivity index (χ2v) is 5.37. The largest absolute Gasteiger partial charge is 0.379 e. The molecule has 6 nitrogen and oxygen atoms in total. The van der Waals surface area contributed by atoms with E-state index in [9.17, 15) is 5.11 Å². The maximum Gasteiger partial charge on any atom is 0.260 e. The van der Waals surface area contributed by atoms with Gasteiger partial charge in [-0.3, -0.25) is 4.98 Å². The number of rotatable bonds is 2. The number of hydrogen-bond acceptors (Lipinski definition) is 6. The topological polar surface area (TPSA) is 84.1 Å². The van der Waals surface area contributed by atoms with E-state index in [0.29, 0.717) is 18.8 Å². The molecule has 1 unspecified atom stereocenters. The molecule has 1 aliphatic heterocycles. The highest BCUT2D eigenvalue weighted by Crippen LogP contribution is 2.28. The summed E-state index contributed by atoms with van der Waals surface area (Å²) in [5, 5.41) is 17.7. The average molecular weight is 274 g/mol. The second kappa shape index (κ2) is 4.96. The molecule has 0 spiro atoms. The number of aromatic nitrogens is 3. The van der Waals surface area contributed by atoms with Crippen LogP contribution in [0.25, 0.3) is 11.4 Å². The highest BCUT2D eigenvalue weighted by atomic mass is 16.5. The summed E-state index contributed by atoms with van der Waals surface area (Å²) in [4.78, 5) is 8.69. The van der Waals surface area contributed by atoms with E-state index in [4.69, 9.17) is 4.52 Å². The number of piperidine rings is 1. The summed E-state index contributed by atoms with van der Waals surface area (Å²) in [6, 6.07) is 3.82. The second-order valence-electron chi connectivity index (χ2n) is 5.37. The predicted octanol–water partition coefficient (Wildman–Crippen LogP) is 1.32. The first-order valence-corrected chi connectivity index (χ1v) is 6.80. The molecule has 2 aromatic rings. The molecule has 1 fully saturated rings. The number of pyridine rings is 1. The van der Waals surface area contributed by atoms with Gasteiger partial charge in [0.1, 0.15) is 0 Å². The van der Waals surface area contributed by atoms with Gasteiger partial charge in [-0.2, -0.15) is 4.98 Å². The fourth-order valence-corrected chi connectivity index (χ4v) is 2.57. The Hall–Kier alpha value is -1.79. The zero-order valence-corrected chi connectivity index (χ0v) is 11.7. The lowest BCUT2D eigenvalue weighted by atomic mass is 9.94. The molecule has 20 heavy (non-hydrogen) atoms. The van der Waals surface area contributed by atoms with E-state index in [1.807, 2.05) is 26.0 Å². The first-order valence-electron chi connectivity index (χ1n) is 6.80. The lowest BCUT2D eigenvalue weighted by Gasteiger charge is -2.28. The van der Waals surface area contributed by atoms with Crippen molar-refractivity contribution in [3.63, 3.8) is 0 Å². The summed E-state index contributed by atoms with van der Waals surface area (Å²) in [5.41, 5.74) is 1.62. The van der Waals surface area contributed by atoms with Crippen LogP contribution in [0.3, 0.4) is 0 Å². The van der Waals surface area contributed by atoms with Crippen LogP contribution in [-0.4, -0.2) is 33.3 Å². The van der Waals surface area contributed by atoms with E-state index in [2.05, 4.69) is 20.4 Å². The fourth-order valence-electron chi connectivity index (χ4n) is 2.57. The molecule has 106 valence electrons. The molecule has 1 atom stereocenters. The third-order valence-electron chi connectivity index (χ3n) is 3.53. The molecule has 0 aliphatic carbocycles. The van der Waals surface area contributed by atoms with Gasteiger partial charge in [0.15, 0.2) is 5.60 Å². The predicted molar refractivity (Wildman–Crippen MR) is 73.0 cm³/mol. The first kappa shape index (κ1) is 13.2. The summed E-state index contributed by atoms with van der Waals surface area (Å²) in [5.74, 6) is 0.777. The molecule has 0 saturated carbocycles. The minimum absolute atomic E-state index is 0.284. The molecule has 2 N–H and O–H groups in total. The zero-order valence-electron chi connectivity index (χ0n) is 11.7. The van der Waals surface area contributed by atoms with Gasteiger partial charge in [-0.25, -0.2) is 0 Å². The van der Waals surface area contributed by atoms with E-state index in [1.54, 1.807) is 0 Å². The SMILES string of the molecule is Cc1cc(-c2noc(C3(O)CCCNC3)n2)cc(C)n1. The van der Waals surface area contributed by atoms with Crippen LogP contribution in [0.4, 0.5) is 0 Å². The van der Waals surface area contributed by atoms with Crippen molar-refractivity contribution in [3.05, 3.63) is 29.4 Å². The maximum absolute atomic E-state index is 10.5. The van der Waals surface area contributed by atoms with Crippen molar-refractivity contribution >= 4 is 0 Å². The van der Waals surface area contributed by atoms with Crippen LogP contribution in [-0.2, 0) is 5.60 Å². The van der Waals surface area contributed by atoms with Gasteiger partial charge in [-0.1, -0.05) is 5.16 Å². The van der Waals surface area contributed by atoms with Crippen LogP contribution in [0.15, 0.2) is 16.7 Å². The Bertz CT molecular complexity index is 597. The van der Waals surface area contributed by atoms with Gasteiger partial charge in [-0.05, 0) is 45.4 Å². The van der Waals surface area contributed by atoms with Crippen LogP contribution in [0.5, 0.6) is 0 Å². The van der Waals surface area contributed by atoms with Crippen molar-refractivity contribution in [1.29, 1.82) is 0 Å². The third-order valence-corrected chi connectivity index (χ3v) is 3.53. The van der Waals surface area contributed by atoms with Gasteiger partial charge in [0.25, 0.3) is 5.89 Å². The van der Waals surface area contributed by atoms with E-state index in [-0.39, 0.29) is 5.89 Å². The molecule has 0 amide bonds. The molecule has 3 rings (SSSR count). The van der Waals surface area contributed by atoms with Gasteiger partial charge in [-0.15, -0.1) is 0 Å². The lowest BCUT2D eigenvalue weighted by molar-refractivity contribution is -0.0167. The van der Waals surface area contributed by atoms with Crippen molar-refractivity contribution in [2.45, 2.75) is 32.3 Å². The van der Waals surface area contributed by atoms with E-state index < -0.39 is 5.60 Å². The number of nitrogens with zero attached hydrogens (tertiary/aromatic N) is 3. The van der Waals surface area contributed by atoms with Crippen molar-refractivity contribution in [2.24, 2.45) is 0 Å². The van der Waals surface area contributed by atoms with Crippen LogP contribution in [0.1, 0.15) is 30.1 Å². The molecule has 0 aromatic carbocycles. The summed E-state index contributed by atoms with van der Waals surface area (Å²) < 4.78 is 5.27. The third kappa shape index (κ3) is 2.44. The van der Waals surface area contributed by atoms with Gasteiger partial charge < -0.3 is 14.9 Å². The molecule has 1 saturated heterocycles. The highest BCUT2D eigenvalue weighted by molar-refractivity contribution is 5.55. The molecule has 3 heterocycles. The summed E-state index contributed by atoms with van der Waals surface area (Å²) in [6.45, 7) is 5.21. The quantitative estimate of drug-likeness (QED) is 0.859. The summed E-state index contributed by atoms with van der Waals surface area (Å²) >= 11 is 0. The molecule has 1 aliphatic rings. The van der Waals surface area contributed by atoms with Crippen molar-refractivity contribution in [2.75, 3.05) is 13.1 Å². The Kier molecular flexibility index (Phi) is 3.27. The summed E-state index contributed by atoms with van der Waals surface area (Å²) in [6.07, 6.45) is 1.53. The van der Waals surface area contributed by atoms with E-state index in [1.165, 1.54) is 0 Å². The molecule has 6 heteroatoms. The Labute approximate surface area is 117 Å². The minimum Gasteiger partial charge on any atom is -0.379 e. The number of hydrogen-bond donors (Lipinski definition) is 2. The first-order chi connectivity index (χ1) is 9.57. The number of β-amino-alcohol motifs (C(OH)–C–C–N with tert-alkyl or cyclic N) is 1. The average Bonchev–Trinajstić information content (AvgIpc) is 2.89. The Morgan fingerprint density at radius 2 is 2.00 bits per heavy atom. The highest BCUT2D eigenvalue weighted by Gasteiger charge is 2.37. The zero-order chi connectivity index (χ0) is 14.2. The Morgan fingerprint density at radius 3 is 2.65 bits per heavy atom. The molecular formula is C14H18N4O2. The van der Waals surface area contributed by atoms with E-state index in [0.717, 1.165) is 29.9 Å². The molecular weight excluding hydrogens is 256 g/mol. The Balaban J connectivity index is 1.93. The Morgan fingerprint density at radius 1 is 1.25 bits per heavy atom. The number of aliphatic hydroxyl groups is 1. The minimum atomic E-state index is -1.05. The molecule has 0 radical (unpaired) electrons. The molecule has 2 aromatic heterocycles. The van der Waals surface area contributed by atoms with E-state index >= 15 is 0 Å². The van der Waals surface area contributed by atoms with Crippen molar-refractivity contribution in [1.82, 2.24) is 20.4 Å². The van der Waals surface area contributed by atoms with Gasteiger partial charge in [0.2, 0.25) is 5.82 Å². The van der Waals surface area contributed by atoms with Crippen LogP contribution in [0.2, 0.25) is 0 Å². The smallest absolute Gasteiger partial charge is 0.260 e. The van der Waals surface area contributed by atoms with Crippen LogP contribution >= 0.6 is 0 Å². The van der Waals surface area contributed by atoms with Gasteiger partial charge in [0, 0.05) is 23.5 Å². The standard InChI is InChI=1S/C14H18N4O2/c1-9-6-11(7-10(2)16-9)12-17-13(20-18-12)14(19)4-3-5-15-8-14/h6-7,15,19H,3-5,8H2,1-2H3. The normalized spacial score (nSPS) is 22.9. The number of aryl methyl sites for hydroxylation is 2. The monoisotopic (exact) mass is 274 g/mol. The number of nitrogens with one attached hydrogen (secondary N) is 1. The fraction of sp³-hybridized carbons (Fsp3) is 0.500.